The predicted molar refractivity (Wildman–Crippen MR) is 84.1 cm³/mol. The second kappa shape index (κ2) is 5.60. The molecule has 0 radical (unpaired) electrons. The predicted octanol–water partition coefficient (Wildman–Crippen LogP) is 3.55. The lowest BCUT2D eigenvalue weighted by molar-refractivity contribution is 0.0701. The van der Waals surface area contributed by atoms with Crippen LogP contribution < -0.4 is 5.32 Å². The molecule has 1 aliphatic rings. The van der Waals surface area contributed by atoms with Crippen LogP contribution in [-0.2, 0) is 0 Å². The van der Waals surface area contributed by atoms with E-state index in [4.69, 9.17) is 0 Å². The molecule has 2 unspecified atom stereocenters. The van der Waals surface area contributed by atoms with E-state index in [1.807, 2.05) is 6.92 Å². The Morgan fingerprint density at radius 3 is 2.95 bits per heavy atom. The molecule has 2 aromatic rings. The lowest BCUT2D eigenvalue weighted by Gasteiger charge is -2.12. The zero-order chi connectivity index (χ0) is 15.0. The van der Waals surface area contributed by atoms with Gasteiger partial charge >= 0.3 is 5.97 Å². The second-order valence-corrected chi connectivity index (χ2v) is 6.93. The van der Waals surface area contributed by atoms with Crippen molar-refractivity contribution in [1.82, 2.24) is 9.97 Å². The van der Waals surface area contributed by atoms with Crippen molar-refractivity contribution in [2.75, 3.05) is 11.9 Å². The summed E-state index contributed by atoms with van der Waals surface area (Å²) in [5.41, 5.74) is 0.755. The molecule has 2 N–H and O–H groups in total. The van der Waals surface area contributed by atoms with E-state index in [2.05, 4.69) is 22.2 Å². The highest BCUT2D eigenvalue weighted by atomic mass is 32.1. The fourth-order valence-corrected chi connectivity index (χ4v) is 4.15. The van der Waals surface area contributed by atoms with Crippen LogP contribution in [0.15, 0.2) is 6.33 Å². The first-order valence-corrected chi connectivity index (χ1v) is 8.09. The number of hydrogen-bond donors (Lipinski definition) is 2. The molecular weight excluding hydrogens is 286 g/mol. The lowest BCUT2D eigenvalue weighted by Crippen LogP contribution is -2.12. The van der Waals surface area contributed by atoms with Crippen molar-refractivity contribution in [1.29, 1.82) is 0 Å². The first-order chi connectivity index (χ1) is 10.1. The maximum absolute atomic E-state index is 11.2. The van der Waals surface area contributed by atoms with E-state index in [9.17, 15) is 9.90 Å². The van der Waals surface area contributed by atoms with Gasteiger partial charge in [-0.15, -0.1) is 11.3 Å². The molecule has 1 fully saturated rings. The van der Waals surface area contributed by atoms with Crippen LogP contribution in [0.25, 0.3) is 10.2 Å². The molecule has 6 heteroatoms. The van der Waals surface area contributed by atoms with E-state index in [1.165, 1.54) is 36.9 Å². The third-order valence-corrected chi connectivity index (χ3v) is 5.47. The first kappa shape index (κ1) is 14.3. The molecule has 0 aliphatic heterocycles. The normalized spacial score (nSPS) is 21.8. The zero-order valence-corrected chi connectivity index (χ0v) is 13.0. The summed E-state index contributed by atoms with van der Waals surface area (Å²) in [5, 5.41) is 13.5. The summed E-state index contributed by atoms with van der Waals surface area (Å²) < 4.78 is 0. The summed E-state index contributed by atoms with van der Waals surface area (Å²) in [6, 6.07) is 0. The summed E-state index contributed by atoms with van der Waals surface area (Å²) in [7, 11) is 0. The Hall–Kier alpha value is -1.69. The average molecular weight is 305 g/mol. The topological polar surface area (TPSA) is 75.1 Å². The highest BCUT2D eigenvalue weighted by Gasteiger charge is 2.22. The van der Waals surface area contributed by atoms with E-state index in [1.54, 1.807) is 0 Å². The standard InChI is InChI=1S/C15H19N3O2S/c1-8-3-4-10(5-8)6-16-13-11-9(2)12(15(19)20)21-14(11)18-7-17-13/h7-8,10H,3-6H2,1-2H3,(H,19,20)(H,16,17,18). The van der Waals surface area contributed by atoms with Gasteiger partial charge < -0.3 is 10.4 Å². The van der Waals surface area contributed by atoms with Gasteiger partial charge in [0.15, 0.2) is 0 Å². The van der Waals surface area contributed by atoms with Crippen LogP contribution in [0.1, 0.15) is 41.4 Å². The van der Waals surface area contributed by atoms with Gasteiger partial charge in [0.25, 0.3) is 0 Å². The lowest BCUT2D eigenvalue weighted by atomic mass is 10.1. The van der Waals surface area contributed by atoms with Crippen LogP contribution in [0, 0.1) is 18.8 Å². The highest BCUT2D eigenvalue weighted by Crippen LogP contribution is 2.34. The van der Waals surface area contributed by atoms with Crippen LogP contribution >= 0.6 is 11.3 Å². The fraction of sp³-hybridized carbons (Fsp3) is 0.533. The Morgan fingerprint density at radius 2 is 2.29 bits per heavy atom. The van der Waals surface area contributed by atoms with Crippen molar-refractivity contribution < 1.29 is 9.90 Å². The summed E-state index contributed by atoms with van der Waals surface area (Å²) in [6.45, 7) is 5.02. The van der Waals surface area contributed by atoms with Gasteiger partial charge in [0, 0.05) is 6.54 Å². The molecular formula is C15H19N3O2S. The van der Waals surface area contributed by atoms with Gasteiger partial charge in [-0.1, -0.05) is 13.3 Å². The number of rotatable bonds is 4. The summed E-state index contributed by atoms with van der Waals surface area (Å²) in [6.07, 6.45) is 5.31. The van der Waals surface area contributed by atoms with E-state index >= 15 is 0 Å². The number of hydrogen-bond acceptors (Lipinski definition) is 5. The van der Waals surface area contributed by atoms with Gasteiger partial charge in [-0.2, -0.15) is 0 Å². The monoisotopic (exact) mass is 305 g/mol. The van der Waals surface area contributed by atoms with Gasteiger partial charge in [0.1, 0.15) is 21.9 Å². The average Bonchev–Trinajstić information content (AvgIpc) is 3.01. The summed E-state index contributed by atoms with van der Waals surface area (Å²) >= 11 is 1.21. The molecule has 2 heterocycles. The summed E-state index contributed by atoms with van der Waals surface area (Å²) in [5.74, 6) is 1.36. The molecule has 5 nitrogen and oxygen atoms in total. The number of fused-ring (bicyclic) bond motifs is 1. The van der Waals surface area contributed by atoms with E-state index in [-0.39, 0.29) is 0 Å². The number of nitrogens with zero attached hydrogens (tertiary/aromatic N) is 2. The molecule has 1 saturated carbocycles. The molecule has 0 amide bonds. The molecule has 21 heavy (non-hydrogen) atoms. The number of anilines is 1. The van der Waals surface area contributed by atoms with E-state index in [0.717, 1.165) is 34.1 Å². The molecule has 0 aromatic carbocycles. The molecule has 112 valence electrons. The maximum atomic E-state index is 11.2. The Balaban J connectivity index is 1.86. The van der Waals surface area contributed by atoms with Crippen molar-refractivity contribution in [2.24, 2.45) is 11.8 Å². The van der Waals surface area contributed by atoms with Gasteiger partial charge in [-0.05, 0) is 37.2 Å². The molecule has 1 aliphatic carbocycles. The Kier molecular flexibility index (Phi) is 3.80. The maximum Gasteiger partial charge on any atom is 0.346 e. The number of carboxylic acid groups (broad SMARTS) is 1. The van der Waals surface area contributed by atoms with Crippen LogP contribution in [-0.4, -0.2) is 27.6 Å². The van der Waals surface area contributed by atoms with Gasteiger partial charge in [0.05, 0.1) is 5.39 Å². The van der Waals surface area contributed by atoms with Crippen molar-refractivity contribution in [2.45, 2.75) is 33.1 Å². The Bertz CT molecular complexity index is 683. The first-order valence-electron chi connectivity index (χ1n) is 7.27. The quantitative estimate of drug-likeness (QED) is 0.903. The summed E-state index contributed by atoms with van der Waals surface area (Å²) in [4.78, 5) is 20.8. The Labute approximate surface area is 127 Å². The minimum absolute atomic E-state index is 0.350. The Morgan fingerprint density at radius 1 is 1.48 bits per heavy atom. The number of carboxylic acids is 1. The largest absolute Gasteiger partial charge is 0.477 e. The molecule has 3 rings (SSSR count). The van der Waals surface area contributed by atoms with Gasteiger partial charge in [-0.25, -0.2) is 14.8 Å². The molecule has 2 atom stereocenters. The molecule has 2 aromatic heterocycles. The highest BCUT2D eigenvalue weighted by molar-refractivity contribution is 7.20. The number of carbonyl (C=O) groups is 1. The minimum Gasteiger partial charge on any atom is -0.477 e. The van der Waals surface area contributed by atoms with Crippen LogP contribution in [0.5, 0.6) is 0 Å². The van der Waals surface area contributed by atoms with Crippen LogP contribution in [0.3, 0.4) is 0 Å². The number of thiophene rings is 1. The smallest absolute Gasteiger partial charge is 0.346 e. The number of aryl methyl sites for hydroxylation is 1. The van der Waals surface area contributed by atoms with Crippen molar-refractivity contribution in [3.05, 3.63) is 16.8 Å². The third-order valence-electron chi connectivity index (χ3n) is 4.28. The number of nitrogens with one attached hydrogen (secondary N) is 1. The molecule has 0 bridgehead atoms. The number of aromatic carboxylic acids is 1. The van der Waals surface area contributed by atoms with E-state index < -0.39 is 5.97 Å². The second-order valence-electron chi connectivity index (χ2n) is 5.93. The van der Waals surface area contributed by atoms with Gasteiger partial charge in [-0.3, -0.25) is 0 Å². The number of aromatic nitrogens is 2. The fourth-order valence-electron chi connectivity index (χ4n) is 3.16. The minimum atomic E-state index is -0.897. The van der Waals surface area contributed by atoms with E-state index in [0.29, 0.717) is 10.8 Å². The third kappa shape index (κ3) is 2.72. The van der Waals surface area contributed by atoms with Crippen LogP contribution in [0.4, 0.5) is 5.82 Å². The van der Waals surface area contributed by atoms with Gasteiger partial charge in [0.2, 0.25) is 0 Å². The van der Waals surface area contributed by atoms with Crippen molar-refractivity contribution in [3.63, 3.8) is 0 Å². The van der Waals surface area contributed by atoms with Crippen molar-refractivity contribution in [3.8, 4) is 0 Å². The van der Waals surface area contributed by atoms with Crippen LogP contribution in [0.2, 0.25) is 0 Å². The molecule has 0 spiro atoms. The SMILES string of the molecule is Cc1c(C(=O)O)sc2ncnc(NCC3CCC(C)C3)c12. The zero-order valence-electron chi connectivity index (χ0n) is 12.2. The molecule has 0 saturated heterocycles. The van der Waals surface area contributed by atoms with Crippen molar-refractivity contribution >= 4 is 33.3 Å².